The van der Waals surface area contributed by atoms with Crippen LogP contribution >= 0.6 is 7.82 Å². The fourth-order valence-corrected chi connectivity index (χ4v) is 10.3. The normalized spacial score (nSPS) is 13.7. The van der Waals surface area contributed by atoms with E-state index in [-0.39, 0.29) is 38.6 Å². The van der Waals surface area contributed by atoms with Crippen LogP contribution in [0, 0.1) is 0 Å². The molecule has 0 heterocycles. The zero-order valence-electron chi connectivity index (χ0n) is 54.1. The van der Waals surface area contributed by atoms with Gasteiger partial charge < -0.3 is 20.1 Å². The Morgan fingerprint density at radius 1 is 0.369 bits per heavy atom. The monoisotopic (exact) mass is 1190 g/mol. The molecule has 482 valence electrons. The number of nitrogens with two attached hydrogens (primary N) is 1. The Kier molecular flexibility index (Phi) is 65.6. The summed E-state index contributed by atoms with van der Waals surface area (Å²) >= 11 is 0. The largest absolute Gasteiger partial charge is 0.472 e. The zero-order chi connectivity index (χ0) is 60.9. The lowest BCUT2D eigenvalue weighted by atomic mass is 10.0. The van der Waals surface area contributed by atoms with Gasteiger partial charge in [0.25, 0.3) is 0 Å². The maximum atomic E-state index is 12.8. The van der Waals surface area contributed by atoms with Crippen LogP contribution < -0.4 is 5.73 Å². The quantitative estimate of drug-likeness (QED) is 0.0264. The van der Waals surface area contributed by atoms with E-state index in [4.69, 9.17) is 24.3 Å². The van der Waals surface area contributed by atoms with E-state index in [1.807, 2.05) is 0 Å². The minimum Gasteiger partial charge on any atom is -0.462 e. The maximum absolute atomic E-state index is 12.8. The van der Waals surface area contributed by atoms with Crippen molar-refractivity contribution < 1.29 is 37.6 Å². The number of phosphoric acid groups is 1. The highest BCUT2D eigenvalue weighted by Crippen LogP contribution is 2.43. The number of unbranched alkanes of at least 4 members (excludes halogenated alkanes) is 31. The minimum atomic E-state index is -4.40. The Bertz CT molecular complexity index is 1790. The molecular formula is C74H128NO8P. The molecule has 0 aromatic carbocycles. The SMILES string of the molecule is CC/C=C\C/C=C\C/C=C\C/C=C\C/C=C\C/C=C\C/C=C\C/C=C\C/C=C\C/C=C\CCCCCCCCCCCCC(=O)OC(COC(=O)CCCCCCCCCCCCCCCCCCCCCCCC)COP(=O)(O)OCCN. The van der Waals surface area contributed by atoms with Crippen molar-refractivity contribution in [3.63, 3.8) is 0 Å². The number of rotatable bonds is 64. The van der Waals surface area contributed by atoms with Crippen LogP contribution in [0.4, 0.5) is 0 Å². The molecule has 9 nitrogen and oxygen atoms in total. The van der Waals surface area contributed by atoms with E-state index in [1.54, 1.807) is 0 Å². The molecule has 0 saturated heterocycles. The van der Waals surface area contributed by atoms with Crippen molar-refractivity contribution in [3.05, 3.63) is 122 Å². The van der Waals surface area contributed by atoms with E-state index in [2.05, 4.69) is 135 Å². The van der Waals surface area contributed by atoms with E-state index < -0.39 is 26.5 Å². The van der Waals surface area contributed by atoms with E-state index in [0.29, 0.717) is 6.42 Å². The van der Waals surface area contributed by atoms with Crippen molar-refractivity contribution >= 4 is 19.8 Å². The summed E-state index contributed by atoms with van der Waals surface area (Å²) in [4.78, 5) is 35.3. The number of phosphoric ester groups is 1. The third kappa shape index (κ3) is 67.5. The van der Waals surface area contributed by atoms with Gasteiger partial charge in [-0.25, -0.2) is 4.57 Å². The average molecular weight is 1190 g/mol. The Balaban J connectivity index is 3.93. The van der Waals surface area contributed by atoms with Crippen LogP contribution in [0.3, 0.4) is 0 Å². The molecule has 3 N–H and O–H groups in total. The van der Waals surface area contributed by atoms with Gasteiger partial charge in [-0.2, -0.15) is 0 Å². The summed E-state index contributed by atoms with van der Waals surface area (Å²) in [7, 11) is -4.40. The number of allylic oxidation sites excluding steroid dienone is 20. The summed E-state index contributed by atoms with van der Waals surface area (Å²) in [5, 5.41) is 0. The molecular weight excluding hydrogens is 1060 g/mol. The highest BCUT2D eigenvalue weighted by atomic mass is 31.2. The van der Waals surface area contributed by atoms with Crippen LogP contribution in [-0.2, 0) is 32.7 Å². The standard InChI is InChI=1S/C74H128NO8P/c1-3-5-7-9-11-13-15-17-19-21-23-25-27-28-29-30-31-32-33-34-35-36-37-38-39-40-41-42-43-44-45-47-49-51-53-55-57-59-61-63-65-67-74(77)83-72(71-82-84(78,79)81-69-68-75)70-80-73(76)66-64-62-60-58-56-54-52-50-48-46-26-24-22-20-18-16-14-12-10-8-6-4-2/h5,7,11,13,17,19,23,25,28-29,31-32,34-35,37-38,40-41,43-44,72H,3-4,6,8-10,12,14-16,18,20-22,24,26-27,30,33,36,39,42,45-71,75H2,1-2H3,(H,78,79)/b7-5-,13-11-,19-17-,25-23-,29-28-,32-31-,35-34-,38-37-,41-40-,44-43-. The van der Waals surface area contributed by atoms with E-state index in [0.717, 1.165) is 109 Å². The van der Waals surface area contributed by atoms with Crippen LogP contribution in [0.1, 0.15) is 303 Å². The first-order valence-corrected chi connectivity index (χ1v) is 36.0. The predicted molar refractivity (Wildman–Crippen MR) is 362 cm³/mol. The molecule has 0 radical (unpaired) electrons. The molecule has 2 unspecified atom stereocenters. The zero-order valence-corrected chi connectivity index (χ0v) is 55.0. The molecule has 0 amide bonds. The third-order valence-electron chi connectivity index (χ3n) is 14.6. The molecule has 84 heavy (non-hydrogen) atoms. The van der Waals surface area contributed by atoms with Gasteiger partial charge in [-0.3, -0.25) is 18.6 Å². The molecule has 0 aliphatic carbocycles. The second kappa shape index (κ2) is 68.5. The molecule has 2 atom stereocenters. The fourth-order valence-electron chi connectivity index (χ4n) is 9.55. The maximum Gasteiger partial charge on any atom is 0.472 e. The third-order valence-corrected chi connectivity index (χ3v) is 15.6. The summed E-state index contributed by atoms with van der Waals surface area (Å²) in [6.07, 6.45) is 95.7. The number of hydrogen-bond acceptors (Lipinski definition) is 8. The van der Waals surface area contributed by atoms with Gasteiger partial charge in [0.2, 0.25) is 0 Å². The summed E-state index contributed by atoms with van der Waals surface area (Å²) in [5.74, 6) is -0.826. The van der Waals surface area contributed by atoms with Gasteiger partial charge in [0, 0.05) is 19.4 Å². The van der Waals surface area contributed by atoms with Gasteiger partial charge >= 0.3 is 19.8 Å². The molecule has 0 aliphatic rings. The van der Waals surface area contributed by atoms with Crippen molar-refractivity contribution in [1.29, 1.82) is 0 Å². The first-order chi connectivity index (χ1) is 41.3. The minimum absolute atomic E-state index is 0.0495. The molecule has 0 saturated carbocycles. The van der Waals surface area contributed by atoms with Gasteiger partial charge in [-0.1, -0.05) is 322 Å². The van der Waals surface area contributed by atoms with Gasteiger partial charge in [0.15, 0.2) is 6.10 Å². The first-order valence-electron chi connectivity index (χ1n) is 34.5. The summed E-state index contributed by atoms with van der Waals surface area (Å²) < 4.78 is 33.1. The molecule has 0 spiro atoms. The highest BCUT2D eigenvalue weighted by Gasteiger charge is 2.26. The van der Waals surface area contributed by atoms with Crippen molar-refractivity contribution in [2.45, 2.75) is 309 Å². The lowest BCUT2D eigenvalue weighted by Gasteiger charge is -2.19. The molecule has 0 aromatic heterocycles. The van der Waals surface area contributed by atoms with Gasteiger partial charge in [0.05, 0.1) is 13.2 Å². The number of carbonyl (C=O) groups excluding carboxylic acids is 2. The molecule has 0 aromatic rings. The summed E-state index contributed by atoms with van der Waals surface area (Å²) in [6, 6.07) is 0. The first kappa shape index (κ1) is 80.4. The fraction of sp³-hybridized carbons (Fsp3) is 0.703. The summed E-state index contributed by atoms with van der Waals surface area (Å²) in [6.45, 7) is 3.66. The van der Waals surface area contributed by atoms with Crippen LogP contribution in [-0.4, -0.2) is 49.3 Å². The number of hydrogen-bond donors (Lipinski definition) is 2. The predicted octanol–water partition coefficient (Wildman–Crippen LogP) is 22.7. The second-order valence-corrected chi connectivity index (χ2v) is 24.1. The second-order valence-electron chi connectivity index (χ2n) is 22.7. The molecule has 0 bridgehead atoms. The van der Waals surface area contributed by atoms with Crippen LogP contribution in [0.5, 0.6) is 0 Å². The summed E-state index contributed by atoms with van der Waals surface area (Å²) in [5.41, 5.74) is 5.40. The molecule has 10 heteroatoms. The van der Waals surface area contributed by atoms with Gasteiger partial charge in [-0.15, -0.1) is 0 Å². The Morgan fingerprint density at radius 2 is 0.655 bits per heavy atom. The van der Waals surface area contributed by atoms with Gasteiger partial charge in [0.1, 0.15) is 6.61 Å². The van der Waals surface area contributed by atoms with Crippen molar-refractivity contribution in [2.24, 2.45) is 5.73 Å². The van der Waals surface area contributed by atoms with Crippen LogP contribution in [0.15, 0.2) is 122 Å². The van der Waals surface area contributed by atoms with Crippen LogP contribution in [0.2, 0.25) is 0 Å². The average Bonchev–Trinajstić information content (AvgIpc) is 3.55. The Hall–Kier alpha value is -3.59. The number of ether oxygens (including phenoxy) is 2. The van der Waals surface area contributed by atoms with E-state index in [9.17, 15) is 19.0 Å². The van der Waals surface area contributed by atoms with E-state index >= 15 is 0 Å². The molecule has 0 aliphatic heterocycles. The molecule has 0 rings (SSSR count). The van der Waals surface area contributed by atoms with E-state index in [1.165, 1.54) is 161 Å². The lowest BCUT2D eigenvalue weighted by Crippen LogP contribution is -2.29. The smallest absolute Gasteiger partial charge is 0.462 e. The van der Waals surface area contributed by atoms with Crippen molar-refractivity contribution in [3.8, 4) is 0 Å². The number of carbonyl (C=O) groups is 2. The Labute approximate surface area is 517 Å². The highest BCUT2D eigenvalue weighted by molar-refractivity contribution is 7.47. The van der Waals surface area contributed by atoms with Gasteiger partial charge in [-0.05, 0) is 89.9 Å². The van der Waals surface area contributed by atoms with Crippen molar-refractivity contribution in [2.75, 3.05) is 26.4 Å². The van der Waals surface area contributed by atoms with Crippen LogP contribution in [0.25, 0.3) is 0 Å². The lowest BCUT2D eigenvalue weighted by molar-refractivity contribution is -0.161. The topological polar surface area (TPSA) is 134 Å². The number of esters is 2. The van der Waals surface area contributed by atoms with Crippen molar-refractivity contribution in [1.82, 2.24) is 0 Å². The Morgan fingerprint density at radius 3 is 0.976 bits per heavy atom. The molecule has 0 fully saturated rings.